The molecule has 1 aliphatic rings. The van der Waals surface area contributed by atoms with E-state index in [-0.39, 0.29) is 0 Å². The molecule has 0 aliphatic carbocycles. The highest BCUT2D eigenvalue weighted by atomic mass is 14.9. The van der Waals surface area contributed by atoms with Gasteiger partial charge in [-0.2, -0.15) is 0 Å². The molecule has 1 atom stereocenters. The minimum Gasteiger partial charge on any atom is -0.314 e. The Balaban J connectivity index is 1.82. The van der Waals surface area contributed by atoms with Crippen LogP contribution in [0, 0.1) is 0 Å². The SMILES string of the molecule is CCc1ccc(CC[C@H]2CCCN2)cc1. The highest BCUT2D eigenvalue weighted by Crippen LogP contribution is 2.13. The first kappa shape index (κ1) is 10.7. The van der Waals surface area contributed by atoms with Crippen LogP contribution in [-0.2, 0) is 12.8 Å². The van der Waals surface area contributed by atoms with Crippen LogP contribution in [0.3, 0.4) is 0 Å². The van der Waals surface area contributed by atoms with Gasteiger partial charge in [-0.15, -0.1) is 0 Å². The van der Waals surface area contributed by atoms with E-state index in [0.717, 1.165) is 12.5 Å². The van der Waals surface area contributed by atoms with E-state index in [1.807, 2.05) is 0 Å². The first-order valence-electron chi connectivity index (χ1n) is 6.19. The molecule has 0 spiro atoms. The van der Waals surface area contributed by atoms with E-state index < -0.39 is 0 Å². The quantitative estimate of drug-likeness (QED) is 0.793. The second kappa shape index (κ2) is 5.32. The fourth-order valence-corrected chi connectivity index (χ4v) is 2.29. The van der Waals surface area contributed by atoms with E-state index in [2.05, 4.69) is 36.5 Å². The van der Waals surface area contributed by atoms with Crippen molar-refractivity contribution in [2.45, 2.75) is 45.1 Å². The molecule has 1 N–H and O–H groups in total. The Kier molecular flexibility index (Phi) is 3.79. The summed E-state index contributed by atoms with van der Waals surface area (Å²) >= 11 is 0. The van der Waals surface area contributed by atoms with E-state index in [0.29, 0.717) is 0 Å². The molecule has 0 bridgehead atoms. The van der Waals surface area contributed by atoms with Crippen LogP contribution in [-0.4, -0.2) is 12.6 Å². The Morgan fingerprint density at radius 3 is 2.53 bits per heavy atom. The van der Waals surface area contributed by atoms with Crippen molar-refractivity contribution < 1.29 is 0 Å². The maximum atomic E-state index is 3.55. The average Bonchev–Trinajstić information content (AvgIpc) is 2.80. The maximum absolute atomic E-state index is 3.55. The minimum atomic E-state index is 0.774. The lowest BCUT2D eigenvalue weighted by atomic mass is 10.0. The molecule has 1 heterocycles. The van der Waals surface area contributed by atoms with Gasteiger partial charge in [0.1, 0.15) is 0 Å². The van der Waals surface area contributed by atoms with Crippen molar-refractivity contribution in [2.75, 3.05) is 6.54 Å². The van der Waals surface area contributed by atoms with Crippen LogP contribution < -0.4 is 5.32 Å². The standard InChI is InChI=1S/C14H21N/c1-2-12-5-7-13(8-6-12)9-10-14-4-3-11-15-14/h5-8,14-15H,2-4,9-11H2,1H3/t14-/m1/s1. The second-order valence-electron chi connectivity index (χ2n) is 4.50. The molecule has 1 heteroatoms. The Bertz CT molecular complexity index is 283. The van der Waals surface area contributed by atoms with Gasteiger partial charge in [-0.1, -0.05) is 31.2 Å². The van der Waals surface area contributed by atoms with Crippen LogP contribution in [0.1, 0.15) is 37.3 Å². The fourth-order valence-electron chi connectivity index (χ4n) is 2.29. The third-order valence-electron chi connectivity index (χ3n) is 3.38. The molecular formula is C14H21N. The highest BCUT2D eigenvalue weighted by molar-refractivity contribution is 5.22. The largest absolute Gasteiger partial charge is 0.314 e. The molecule has 2 rings (SSSR count). The topological polar surface area (TPSA) is 12.0 Å². The zero-order valence-corrected chi connectivity index (χ0v) is 9.63. The Morgan fingerprint density at radius 1 is 1.20 bits per heavy atom. The van der Waals surface area contributed by atoms with Gasteiger partial charge in [0.05, 0.1) is 0 Å². The Hall–Kier alpha value is -0.820. The molecule has 0 radical (unpaired) electrons. The minimum absolute atomic E-state index is 0.774. The summed E-state index contributed by atoms with van der Waals surface area (Å²) in [7, 11) is 0. The molecule has 0 amide bonds. The van der Waals surface area contributed by atoms with Gasteiger partial charge in [0.2, 0.25) is 0 Å². The number of nitrogens with one attached hydrogen (secondary N) is 1. The lowest BCUT2D eigenvalue weighted by Gasteiger charge is -2.09. The fraction of sp³-hybridized carbons (Fsp3) is 0.571. The summed E-state index contributed by atoms with van der Waals surface area (Å²) in [5.41, 5.74) is 2.93. The molecule has 0 saturated carbocycles. The van der Waals surface area contributed by atoms with Gasteiger partial charge in [0, 0.05) is 6.04 Å². The number of benzene rings is 1. The molecule has 0 unspecified atom stereocenters. The van der Waals surface area contributed by atoms with Gasteiger partial charge in [-0.25, -0.2) is 0 Å². The van der Waals surface area contributed by atoms with Crippen LogP contribution in [0.4, 0.5) is 0 Å². The molecule has 1 saturated heterocycles. The van der Waals surface area contributed by atoms with Crippen LogP contribution in [0.2, 0.25) is 0 Å². The van der Waals surface area contributed by atoms with Gasteiger partial charge in [0.15, 0.2) is 0 Å². The average molecular weight is 203 g/mol. The van der Waals surface area contributed by atoms with Gasteiger partial charge >= 0.3 is 0 Å². The third kappa shape index (κ3) is 3.07. The number of aryl methyl sites for hydroxylation is 2. The van der Waals surface area contributed by atoms with Crippen LogP contribution in [0.15, 0.2) is 24.3 Å². The summed E-state index contributed by atoms with van der Waals surface area (Å²) in [5.74, 6) is 0. The molecule has 1 nitrogen and oxygen atoms in total. The summed E-state index contributed by atoms with van der Waals surface area (Å²) in [6.07, 6.45) is 6.39. The van der Waals surface area contributed by atoms with Crippen molar-refractivity contribution in [1.29, 1.82) is 0 Å². The van der Waals surface area contributed by atoms with Crippen LogP contribution >= 0.6 is 0 Å². The van der Waals surface area contributed by atoms with Crippen LogP contribution in [0.5, 0.6) is 0 Å². The lowest BCUT2D eigenvalue weighted by molar-refractivity contribution is 0.559. The van der Waals surface area contributed by atoms with Crippen molar-refractivity contribution in [3.63, 3.8) is 0 Å². The summed E-state index contributed by atoms with van der Waals surface area (Å²) in [6.45, 7) is 3.43. The van der Waals surface area contributed by atoms with Gasteiger partial charge in [-0.05, 0) is 49.8 Å². The summed E-state index contributed by atoms with van der Waals surface area (Å²) in [4.78, 5) is 0. The first-order valence-corrected chi connectivity index (χ1v) is 6.19. The van der Waals surface area contributed by atoms with Gasteiger partial charge in [0.25, 0.3) is 0 Å². The summed E-state index contributed by atoms with van der Waals surface area (Å²) < 4.78 is 0. The van der Waals surface area contributed by atoms with E-state index >= 15 is 0 Å². The maximum Gasteiger partial charge on any atom is 0.00707 e. The van der Waals surface area contributed by atoms with Crippen molar-refractivity contribution in [3.8, 4) is 0 Å². The molecule has 1 aromatic carbocycles. The Labute approximate surface area is 92.9 Å². The zero-order valence-electron chi connectivity index (χ0n) is 9.63. The molecule has 1 fully saturated rings. The van der Waals surface area contributed by atoms with E-state index in [9.17, 15) is 0 Å². The molecule has 15 heavy (non-hydrogen) atoms. The first-order chi connectivity index (χ1) is 7.38. The van der Waals surface area contributed by atoms with E-state index in [1.54, 1.807) is 0 Å². The van der Waals surface area contributed by atoms with E-state index in [1.165, 1.54) is 43.4 Å². The molecule has 1 aromatic rings. The third-order valence-corrected chi connectivity index (χ3v) is 3.38. The number of rotatable bonds is 4. The molecule has 0 aromatic heterocycles. The van der Waals surface area contributed by atoms with Crippen molar-refractivity contribution >= 4 is 0 Å². The smallest absolute Gasteiger partial charge is 0.00707 e. The second-order valence-corrected chi connectivity index (χ2v) is 4.50. The predicted molar refractivity (Wildman–Crippen MR) is 65.2 cm³/mol. The monoisotopic (exact) mass is 203 g/mol. The van der Waals surface area contributed by atoms with Crippen molar-refractivity contribution in [3.05, 3.63) is 35.4 Å². The van der Waals surface area contributed by atoms with Gasteiger partial charge in [-0.3, -0.25) is 0 Å². The highest BCUT2D eigenvalue weighted by Gasteiger charge is 2.13. The number of hydrogen-bond donors (Lipinski definition) is 1. The zero-order chi connectivity index (χ0) is 10.5. The normalized spacial score (nSPS) is 20.7. The predicted octanol–water partition coefficient (Wildman–Crippen LogP) is 2.93. The molecule has 1 aliphatic heterocycles. The summed E-state index contributed by atoms with van der Waals surface area (Å²) in [5, 5.41) is 3.55. The van der Waals surface area contributed by atoms with E-state index in [4.69, 9.17) is 0 Å². The summed E-state index contributed by atoms with van der Waals surface area (Å²) in [6, 6.07) is 9.87. The van der Waals surface area contributed by atoms with Crippen molar-refractivity contribution in [1.82, 2.24) is 5.32 Å². The Morgan fingerprint density at radius 2 is 1.93 bits per heavy atom. The van der Waals surface area contributed by atoms with Crippen molar-refractivity contribution in [2.24, 2.45) is 0 Å². The molecule has 82 valence electrons. The lowest BCUT2D eigenvalue weighted by Crippen LogP contribution is -2.21. The van der Waals surface area contributed by atoms with Crippen LogP contribution in [0.25, 0.3) is 0 Å². The number of hydrogen-bond acceptors (Lipinski definition) is 1. The van der Waals surface area contributed by atoms with Gasteiger partial charge < -0.3 is 5.32 Å². The molecular weight excluding hydrogens is 182 g/mol.